The second-order valence-electron chi connectivity index (χ2n) is 11.3. The van der Waals surface area contributed by atoms with E-state index < -0.39 is 56.4 Å². The summed E-state index contributed by atoms with van der Waals surface area (Å²) in [7, 11) is -5.35. The summed E-state index contributed by atoms with van der Waals surface area (Å²) in [5.74, 6) is -5.36. The van der Waals surface area contributed by atoms with E-state index in [1.165, 1.54) is 0 Å². The summed E-state index contributed by atoms with van der Waals surface area (Å²) in [6, 6.07) is 0. The number of rotatable bonds is 9. The second-order valence-corrected chi connectivity index (χ2v) is 12.8. The van der Waals surface area contributed by atoms with Crippen LogP contribution in [0.1, 0.15) is 68.7 Å². The van der Waals surface area contributed by atoms with Crippen molar-refractivity contribution in [2.24, 2.45) is 22.2 Å². The number of carbonyl (C=O) groups is 3. The molecule has 0 aliphatic rings. The van der Waals surface area contributed by atoms with Crippen LogP contribution in [0.2, 0.25) is 0 Å². The molecule has 2 atom stereocenters. The van der Waals surface area contributed by atoms with Gasteiger partial charge in [-0.05, 0) is 16.2 Å². The maximum absolute atomic E-state index is 12.7. The van der Waals surface area contributed by atoms with Gasteiger partial charge in [0.05, 0.1) is 32.2 Å². The van der Waals surface area contributed by atoms with Crippen molar-refractivity contribution >= 4 is 28.0 Å². The monoisotopic (exact) mass is 488 g/mol. The Morgan fingerprint density at radius 1 is 0.719 bits per heavy atom. The minimum Gasteiger partial charge on any atom is -0.747 e. The normalized spacial score (nSPS) is 14.6. The van der Waals surface area contributed by atoms with Crippen molar-refractivity contribution in [1.29, 1.82) is 0 Å². The predicted molar refractivity (Wildman–Crippen MR) is 113 cm³/mol. The van der Waals surface area contributed by atoms with Crippen molar-refractivity contribution in [3.8, 4) is 0 Å². The molecule has 0 spiro atoms. The average Bonchev–Trinajstić information content (AvgIpc) is 2.52. The summed E-state index contributed by atoms with van der Waals surface area (Å²) in [5, 5.41) is -2.43. The minimum atomic E-state index is -5.35. The number of esters is 3. The smallest absolute Gasteiger partial charge is 0.747 e. The Kier molecular flexibility index (Phi) is 13.3. The Morgan fingerprint density at radius 2 is 1.06 bits per heavy atom. The van der Waals surface area contributed by atoms with Crippen molar-refractivity contribution in [3.05, 3.63) is 0 Å². The zero-order valence-electron chi connectivity index (χ0n) is 21.1. The van der Waals surface area contributed by atoms with E-state index >= 15 is 0 Å². The van der Waals surface area contributed by atoms with E-state index in [2.05, 4.69) is 0 Å². The summed E-state index contributed by atoms with van der Waals surface area (Å²) >= 11 is 0. The molecule has 9 nitrogen and oxygen atoms in total. The topological polar surface area (TPSA) is 136 Å². The summed E-state index contributed by atoms with van der Waals surface area (Å²) in [6.07, 6.45) is -0.810. The number of hydrogen-bond acceptors (Lipinski definition) is 9. The zero-order chi connectivity index (χ0) is 24.8. The van der Waals surface area contributed by atoms with E-state index in [1.807, 2.05) is 20.8 Å². The van der Waals surface area contributed by atoms with E-state index in [-0.39, 0.29) is 54.8 Å². The van der Waals surface area contributed by atoms with Gasteiger partial charge in [-0.25, -0.2) is 8.42 Å². The molecule has 0 radical (unpaired) electrons. The van der Waals surface area contributed by atoms with Crippen LogP contribution < -0.4 is 29.6 Å². The van der Waals surface area contributed by atoms with Crippen LogP contribution in [-0.4, -0.2) is 55.9 Å². The largest absolute Gasteiger partial charge is 1.00 e. The van der Waals surface area contributed by atoms with Gasteiger partial charge in [0, 0.05) is 0 Å². The molecular formula is C21H37NaO9S. The molecule has 0 aliphatic heterocycles. The molecule has 32 heavy (non-hydrogen) atoms. The first-order valence-corrected chi connectivity index (χ1v) is 11.5. The van der Waals surface area contributed by atoms with Gasteiger partial charge in [-0.2, -0.15) is 0 Å². The molecule has 182 valence electrons. The third-order valence-electron chi connectivity index (χ3n) is 3.56. The van der Waals surface area contributed by atoms with Gasteiger partial charge in [0.25, 0.3) is 0 Å². The van der Waals surface area contributed by atoms with Gasteiger partial charge in [-0.1, -0.05) is 62.3 Å². The van der Waals surface area contributed by atoms with Gasteiger partial charge in [0.2, 0.25) is 0 Å². The van der Waals surface area contributed by atoms with Gasteiger partial charge in [-0.3, -0.25) is 14.4 Å². The standard InChI is InChI=1S/C21H38O9S.Na/c1-19(2,3)11-28-15(22)10-14(17(23)29-12-20(4,5)6)16(31(25,26)27)18(24)30-13-21(7,8)9;/h14,16H,10-13H2,1-9H3,(H,25,26,27);/q;+1/p-1. The zero-order valence-corrected chi connectivity index (χ0v) is 23.9. The molecular weight excluding hydrogens is 451 g/mol. The fraction of sp³-hybridized carbons (Fsp3) is 0.857. The molecule has 11 heteroatoms. The summed E-state index contributed by atoms with van der Waals surface area (Å²) in [5.41, 5.74) is -1.36. The van der Waals surface area contributed by atoms with Gasteiger partial charge in [0.15, 0.2) is 5.25 Å². The van der Waals surface area contributed by atoms with Crippen LogP contribution in [0.25, 0.3) is 0 Å². The molecule has 0 aliphatic carbocycles. The predicted octanol–water partition coefficient (Wildman–Crippen LogP) is -0.322. The molecule has 2 unspecified atom stereocenters. The third kappa shape index (κ3) is 15.2. The van der Waals surface area contributed by atoms with E-state index in [1.54, 1.807) is 41.5 Å². The van der Waals surface area contributed by atoms with Crippen molar-refractivity contribution in [2.45, 2.75) is 74.0 Å². The first kappa shape index (κ1) is 33.5. The van der Waals surface area contributed by atoms with E-state index in [0.29, 0.717) is 0 Å². The van der Waals surface area contributed by atoms with Gasteiger partial charge < -0.3 is 18.8 Å². The van der Waals surface area contributed by atoms with Crippen LogP contribution in [0.3, 0.4) is 0 Å². The molecule has 0 N–H and O–H groups in total. The van der Waals surface area contributed by atoms with E-state index in [4.69, 9.17) is 14.2 Å². The fourth-order valence-electron chi connectivity index (χ4n) is 2.10. The van der Waals surface area contributed by atoms with Crippen LogP contribution in [0, 0.1) is 22.2 Å². The van der Waals surface area contributed by atoms with E-state index in [9.17, 15) is 27.4 Å². The molecule has 0 saturated carbocycles. The molecule has 0 amide bonds. The Labute approximate surface area is 214 Å². The second kappa shape index (κ2) is 12.7. The van der Waals surface area contributed by atoms with E-state index in [0.717, 1.165) is 0 Å². The first-order chi connectivity index (χ1) is 13.6. The molecule has 0 saturated heterocycles. The summed E-state index contributed by atoms with van der Waals surface area (Å²) in [4.78, 5) is 37.5. The Balaban J connectivity index is 0. The Hall–Kier alpha value is -0.680. The van der Waals surface area contributed by atoms with Crippen molar-refractivity contribution < 1.29 is 71.1 Å². The van der Waals surface area contributed by atoms with Crippen LogP contribution in [-0.2, 0) is 38.7 Å². The van der Waals surface area contributed by atoms with Crippen LogP contribution >= 0.6 is 0 Å². The van der Waals surface area contributed by atoms with Crippen LogP contribution in [0.15, 0.2) is 0 Å². The van der Waals surface area contributed by atoms with Crippen LogP contribution in [0.5, 0.6) is 0 Å². The summed E-state index contributed by atoms with van der Waals surface area (Å²) < 4.78 is 51.0. The van der Waals surface area contributed by atoms with Crippen molar-refractivity contribution in [1.82, 2.24) is 0 Å². The van der Waals surface area contributed by atoms with Gasteiger partial charge in [0.1, 0.15) is 10.1 Å². The minimum absolute atomic E-state index is 0. The third-order valence-corrected chi connectivity index (χ3v) is 4.70. The number of carbonyl (C=O) groups excluding carboxylic acids is 3. The maximum atomic E-state index is 12.7. The van der Waals surface area contributed by atoms with Crippen molar-refractivity contribution in [2.75, 3.05) is 19.8 Å². The fourth-order valence-corrected chi connectivity index (χ4v) is 3.01. The maximum Gasteiger partial charge on any atom is 1.00 e. The summed E-state index contributed by atoms with van der Waals surface area (Å²) in [6.45, 7) is 15.7. The van der Waals surface area contributed by atoms with Gasteiger partial charge >= 0.3 is 47.5 Å². The molecule has 0 bridgehead atoms. The molecule has 0 aromatic carbocycles. The molecule has 0 fully saturated rings. The Bertz CT molecular complexity index is 741. The molecule has 0 rings (SSSR count). The molecule has 0 heterocycles. The van der Waals surface area contributed by atoms with Crippen LogP contribution in [0.4, 0.5) is 0 Å². The SMILES string of the molecule is CC(C)(C)COC(=O)CC(C(=O)OCC(C)(C)C)C(C(=O)OCC(C)(C)C)S(=O)(=O)[O-].[Na+]. The number of ether oxygens (including phenoxy) is 3. The van der Waals surface area contributed by atoms with Crippen molar-refractivity contribution in [3.63, 3.8) is 0 Å². The Morgan fingerprint density at radius 3 is 1.41 bits per heavy atom. The average molecular weight is 489 g/mol. The quantitative estimate of drug-likeness (QED) is 0.185. The van der Waals surface area contributed by atoms with Gasteiger partial charge in [-0.15, -0.1) is 0 Å². The first-order valence-electron chi connectivity index (χ1n) is 10.1. The molecule has 0 aromatic rings. The molecule has 0 aromatic heterocycles. The number of hydrogen-bond donors (Lipinski definition) is 0.